The molecule has 2 fully saturated rings. The summed E-state index contributed by atoms with van der Waals surface area (Å²) in [5.74, 6) is 1.64. The molecule has 2 aliphatic heterocycles. The van der Waals surface area contributed by atoms with Gasteiger partial charge in [-0.25, -0.2) is 0 Å². The Hall–Kier alpha value is -1.73. The van der Waals surface area contributed by atoms with E-state index in [-0.39, 0.29) is 0 Å². The first kappa shape index (κ1) is 19.6. The summed E-state index contributed by atoms with van der Waals surface area (Å²) in [6, 6.07) is 0.579. The summed E-state index contributed by atoms with van der Waals surface area (Å²) < 4.78 is 4.23. The van der Waals surface area contributed by atoms with E-state index in [0.29, 0.717) is 17.4 Å². The second-order valence-electron chi connectivity index (χ2n) is 9.09. The van der Waals surface area contributed by atoms with Gasteiger partial charge in [-0.15, -0.1) is 10.2 Å². The van der Waals surface area contributed by atoms with E-state index in [0.717, 1.165) is 38.5 Å². The number of nitrogens with zero attached hydrogens (tertiary/aromatic N) is 7. The summed E-state index contributed by atoms with van der Waals surface area (Å²) in [5, 5.41) is 13.2. The van der Waals surface area contributed by atoms with Gasteiger partial charge in [-0.3, -0.25) is 14.5 Å². The van der Waals surface area contributed by atoms with Crippen molar-refractivity contribution >= 4 is 0 Å². The molecule has 4 heterocycles. The third-order valence-corrected chi connectivity index (χ3v) is 7.21. The molecule has 0 N–H and O–H groups in total. The molecule has 2 aromatic heterocycles. The lowest BCUT2D eigenvalue weighted by Gasteiger charge is -2.42. The Kier molecular flexibility index (Phi) is 5.31. The second kappa shape index (κ2) is 7.59. The summed E-state index contributed by atoms with van der Waals surface area (Å²) in [6.45, 7) is 15.5. The van der Waals surface area contributed by atoms with Crippen LogP contribution in [0.4, 0.5) is 0 Å². The van der Waals surface area contributed by atoms with Crippen LogP contribution in [0.25, 0.3) is 0 Å². The van der Waals surface area contributed by atoms with Crippen LogP contribution in [0.3, 0.4) is 0 Å². The maximum atomic E-state index is 4.52. The monoisotopic (exact) mass is 385 g/mol. The smallest absolute Gasteiger partial charge is 0.137 e. The van der Waals surface area contributed by atoms with E-state index < -0.39 is 0 Å². The van der Waals surface area contributed by atoms with Crippen molar-refractivity contribution in [2.45, 2.75) is 65.6 Å². The largest absolute Gasteiger partial charge is 0.320 e. The predicted octanol–water partition coefficient (Wildman–Crippen LogP) is 2.43. The van der Waals surface area contributed by atoms with Crippen LogP contribution in [0.5, 0.6) is 0 Å². The third kappa shape index (κ3) is 3.39. The van der Waals surface area contributed by atoms with Gasteiger partial charge in [0.2, 0.25) is 0 Å². The molecule has 4 rings (SSSR count). The third-order valence-electron chi connectivity index (χ3n) is 7.21. The normalized spacial score (nSPS) is 23.3. The molecule has 0 aliphatic carbocycles. The Bertz CT molecular complexity index is 798. The van der Waals surface area contributed by atoms with Crippen molar-refractivity contribution < 1.29 is 0 Å². The number of aryl methyl sites for hydroxylation is 2. The maximum absolute atomic E-state index is 4.52. The summed E-state index contributed by atoms with van der Waals surface area (Å²) in [7, 11) is 2.09. The molecule has 0 amide bonds. The molecule has 1 unspecified atom stereocenters. The number of aromatic nitrogens is 5. The minimum atomic E-state index is 0.324. The SMILES string of the molecule is CCn1ncc(CN2CCC3(CC2)CN(C(C)C)CC3c2nncn2C)c1C. The first-order chi connectivity index (χ1) is 13.4. The van der Waals surface area contributed by atoms with Gasteiger partial charge in [0.05, 0.1) is 6.20 Å². The Morgan fingerprint density at radius 2 is 2.00 bits per heavy atom. The van der Waals surface area contributed by atoms with Gasteiger partial charge in [0.25, 0.3) is 0 Å². The van der Waals surface area contributed by atoms with Crippen LogP contribution < -0.4 is 0 Å². The van der Waals surface area contributed by atoms with Crippen molar-refractivity contribution in [3.63, 3.8) is 0 Å². The fourth-order valence-electron chi connectivity index (χ4n) is 5.23. The van der Waals surface area contributed by atoms with Crippen LogP contribution in [0.1, 0.15) is 56.6 Å². The van der Waals surface area contributed by atoms with Crippen LogP contribution in [0.15, 0.2) is 12.5 Å². The average Bonchev–Trinajstić information content (AvgIpc) is 3.35. The van der Waals surface area contributed by atoms with Crippen LogP contribution in [-0.4, -0.2) is 66.6 Å². The van der Waals surface area contributed by atoms with Crippen molar-refractivity contribution in [3.8, 4) is 0 Å². The van der Waals surface area contributed by atoms with E-state index in [2.05, 4.69) is 75.3 Å². The zero-order valence-electron chi connectivity index (χ0n) is 18.1. The van der Waals surface area contributed by atoms with Crippen molar-refractivity contribution in [1.82, 2.24) is 34.3 Å². The van der Waals surface area contributed by atoms with Gasteiger partial charge in [-0.05, 0) is 59.0 Å². The Morgan fingerprint density at radius 3 is 2.57 bits per heavy atom. The van der Waals surface area contributed by atoms with Gasteiger partial charge < -0.3 is 4.57 Å². The van der Waals surface area contributed by atoms with Gasteiger partial charge in [-0.1, -0.05) is 0 Å². The predicted molar refractivity (Wildman–Crippen MR) is 110 cm³/mol. The quantitative estimate of drug-likeness (QED) is 0.791. The van der Waals surface area contributed by atoms with Gasteiger partial charge in [0.1, 0.15) is 12.2 Å². The van der Waals surface area contributed by atoms with Crippen LogP contribution in [0.2, 0.25) is 0 Å². The molecule has 2 saturated heterocycles. The molecular weight excluding hydrogens is 350 g/mol. The van der Waals surface area contributed by atoms with E-state index in [1.807, 2.05) is 6.33 Å². The molecule has 1 atom stereocenters. The minimum absolute atomic E-state index is 0.324. The second-order valence-corrected chi connectivity index (χ2v) is 9.09. The number of rotatable bonds is 5. The lowest BCUT2D eigenvalue weighted by atomic mass is 9.70. The molecule has 0 radical (unpaired) electrons. The molecule has 2 aliphatic rings. The Balaban J connectivity index is 1.49. The zero-order valence-corrected chi connectivity index (χ0v) is 18.1. The van der Waals surface area contributed by atoms with E-state index in [1.165, 1.54) is 30.6 Å². The topological polar surface area (TPSA) is 55.0 Å². The molecule has 0 saturated carbocycles. The highest BCUT2D eigenvalue weighted by atomic mass is 15.3. The highest BCUT2D eigenvalue weighted by Crippen LogP contribution is 2.49. The van der Waals surface area contributed by atoms with E-state index in [1.54, 1.807) is 0 Å². The van der Waals surface area contributed by atoms with Gasteiger partial charge in [-0.2, -0.15) is 5.10 Å². The standard InChI is InChI=1S/C21H35N7/c1-6-28-17(4)18(11-23-28)12-26-9-7-21(8-10-26)14-27(16(2)3)13-19(21)20-24-22-15-25(20)5/h11,15-16,19H,6-10,12-14H2,1-5H3. The fourth-order valence-corrected chi connectivity index (χ4v) is 5.23. The minimum Gasteiger partial charge on any atom is -0.320 e. The fraction of sp³-hybridized carbons (Fsp3) is 0.762. The Morgan fingerprint density at radius 1 is 1.25 bits per heavy atom. The molecule has 0 aromatic carbocycles. The van der Waals surface area contributed by atoms with Crippen LogP contribution >= 0.6 is 0 Å². The maximum Gasteiger partial charge on any atom is 0.137 e. The molecule has 7 nitrogen and oxygen atoms in total. The summed E-state index contributed by atoms with van der Waals surface area (Å²) in [5.41, 5.74) is 3.01. The average molecular weight is 386 g/mol. The van der Waals surface area contributed by atoms with Crippen molar-refractivity contribution in [3.05, 3.63) is 29.6 Å². The highest BCUT2D eigenvalue weighted by molar-refractivity contribution is 5.17. The molecule has 154 valence electrons. The van der Waals surface area contributed by atoms with Crippen LogP contribution in [0, 0.1) is 12.3 Å². The van der Waals surface area contributed by atoms with E-state index in [4.69, 9.17) is 0 Å². The summed E-state index contributed by atoms with van der Waals surface area (Å²) >= 11 is 0. The summed E-state index contributed by atoms with van der Waals surface area (Å²) in [4.78, 5) is 5.26. The molecule has 28 heavy (non-hydrogen) atoms. The lowest BCUT2D eigenvalue weighted by Crippen LogP contribution is -2.44. The van der Waals surface area contributed by atoms with Crippen molar-refractivity contribution in [1.29, 1.82) is 0 Å². The highest BCUT2D eigenvalue weighted by Gasteiger charge is 2.50. The lowest BCUT2D eigenvalue weighted by molar-refractivity contribution is 0.0864. The van der Waals surface area contributed by atoms with Crippen molar-refractivity contribution in [2.75, 3.05) is 26.2 Å². The molecule has 7 heteroatoms. The number of likely N-dealkylation sites (tertiary alicyclic amines) is 2. The molecule has 2 aromatic rings. The van der Waals surface area contributed by atoms with E-state index >= 15 is 0 Å². The van der Waals surface area contributed by atoms with Gasteiger partial charge in [0.15, 0.2) is 0 Å². The van der Waals surface area contributed by atoms with Gasteiger partial charge >= 0.3 is 0 Å². The number of hydrogen-bond acceptors (Lipinski definition) is 5. The number of hydrogen-bond donors (Lipinski definition) is 0. The molecular formula is C21H35N7. The summed E-state index contributed by atoms with van der Waals surface area (Å²) in [6.07, 6.45) is 6.37. The van der Waals surface area contributed by atoms with E-state index in [9.17, 15) is 0 Å². The number of piperidine rings is 1. The zero-order chi connectivity index (χ0) is 19.9. The first-order valence-electron chi connectivity index (χ1n) is 10.7. The van der Waals surface area contributed by atoms with Crippen molar-refractivity contribution in [2.24, 2.45) is 12.5 Å². The molecule has 0 bridgehead atoms. The van der Waals surface area contributed by atoms with Gasteiger partial charge in [0, 0.05) is 56.4 Å². The first-order valence-corrected chi connectivity index (χ1v) is 10.7. The molecule has 1 spiro atoms. The Labute approximate surface area is 168 Å². The van der Waals surface area contributed by atoms with Crippen LogP contribution in [-0.2, 0) is 20.1 Å².